The quantitative estimate of drug-likeness (QED) is 0.759. The largest absolute Gasteiger partial charge is 0.298 e. The monoisotopic (exact) mass is 222 g/mol. The smallest absolute Gasteiger partial charge is 0.145 e. The van der Waals surface area contributed by atoms with Crippen LogP contribution in [0.3, 0.4) is 0 Å². The zero-order valence-electron chi connectivity index (χ0n) is 9.62. The van der Waals surface area contributed by atoms with Crippen LogP contribution in [-0.2, 0) is 10.5 Å². The third kappa shape index (κ3) is 4.08. The standard InChI is InChI=1S/C13H18OS/c1-10(2)13(14)9-15-8-12-7-5-4-6-11(12)3/h4-7,10H,8-9H2,1-3H3. The first-order valence-corrected chi connectivity index (χ1v) is 6.41. The summed E-state index contributed by atoms with van der Waals surface area (Å²) < 4.78 is 0. The van der Waals surface area contributed by atoms with Crippen LogP contribution in [0.4, 0.5) is 0 Å². The number of carbonyl (C=O) groups is 1. The Bertz CT molecular complexity index is 331. The zero-order valence-corrected chi connectivity index (χ0v) is 10.4. The molecule has 1 aromatic carbocycles. The maximum atomic E-state index is 11.4. The molecule has 0 atom stereocenters. The molecule has 0 saturated heterocycles. The van der Waals surface area contributed by atoms with Gasteiger partial charge in [0.25, 0.3) is 0 Å². The highest BCUT2D eigenvalue weighted by Crippen LogP contribution is 2.16. The van der Waals surface area contributed by atoms with Crippen molar-refractivity contribution in [1.29, 1.82) is 0 Å². The van der Waals surface area contributed by atoms with Crippen LogP contribution in [0.15, 0.2) is 24.3 Å². The fraction of sp³-hybridized carbons (Fsp3) is 0.462. The van der Waals surface area contributed by atoms with E-state index in [0.717, 1.165) is 5.75 Å². The molecule has 0 amide bonds. The Balaban J connectivity index is 2.38. The fourth-order valence-corrected chi connectivity index (χ4v) is 2.38. The van der Waals surface area contributed by atoms with Crippen LogP contribution in [0.2, 0.25) is 0 Å². The molecule has 1 nitrogen and oxygen atoms in total. The fourth-order valence-electron chi connectivity index (χ4n) is 1.20. The summed E-state index contributed by atoms with van der Waals surface area (Å²) >= 11 is 1.71. The van der Waals surface area contributed by atoms with Crippen LogP contribution in [0.5, 0.6) is 0 Å². The molecule has 0 aliphatic carbocycles. The highest BCUT2D eigenvalue weighted by atomic mass is 32.2. The van der Waals surface area contributed by atoms with E-state index < -0.39 is 0 Å². The summed E-state index contributed by atoms with van der Waals surface area (Å²) in [5, 5.41) is 0. The summed E-state index contributed by atoms with van der Waals surface area (Å²) in [5.74, 6) is 2.07. The second-order valence-corrected chi connectivity index (χ2v) is 5.03. The average molecular weight is 222 g/mol. The minimum Gasteiger partial charge on any atom is -0.298 e. The predicted octanol–water partition coefficient (Wildman–Crippen LogP) is 3.45. The second kappa shape index (κ2) is 5.96. The average Bonchev–Trinajstić information content (AvgIpc) is 2.20. The van der Waals surface area contributed by atoms with Gasteiger partial charge in [-0.05, 0) is 18.1 Å². The van der Waals surface area contributed by atoms with E-state index in [2.05, 4.69) is 19.1 Å². The molecule has 0 heterocycles. The summed E-state index contributed by atoms with van der Waals surface area (Å²) in [6.07, 6.45) is 0. The van der Waals surface area contributed by atoms with Gasteiger partial charge < -0.3 is 0 Å². The van der Waals surface area contributed by atoms with Gasteiger partial charge in [-0.3, -0.25) is 4.79 Å². The van der Waals surface area contributed by atoms with E-state index in [1.807, 2.05) is 26.0 Å². The number of rotatable bonds is 5. The number of benzene rings is 1. The van der Waals surface area contributed by atoms with Gasteiger partial charge in [0.2, 0.25) is 0 Å². The van der Waals surface area contributed by atoms with Crippen molar-refractivity contribution >= 4 is 17.5 Å². The predicted molar refractivity (Wildman–Crippen MR) is 67.2 cm³/mol. The Hall–Kier alpha value is -0.760. The van der Waals surface area contributed by atoms with Crippen molar-refractivity contribution in [2.24, 2.45) is 5.92 Å². The van der Waals surface area contributed by atoms with Crippen LogP contribution in [-0.4, -0.2) is 11.5 Å². The number of Topliss-reactive ketones (excluding diaryl/α,β-unsaturated/α-hetero) is 1. The van der Waals surface area contributed by atoms with Crippen molar-refractivity contribution in [3.63, 3.8) is 0 Å². The van der Waals surface area contributed by atoms with Crippen molar-refractivity contribution in [3.05, 3.63) is 35.4 Å². The van der Waals surface area contributed by atoms with Gasteiger partial charge in [0.1, 0.15) is 5.78 Å². The van der Waals surface area contributed by atoms with Crippen LogP contribution in [0.25, 0.3) is 0 Å². The van der Waals surface area contributed by atoms with Crippen LogP contribution < -0.4 is 0 Å². The molecule has 0 aliphatic heterocycles. The van der Waals surface area contributed by atoms with Gasteiger partial charge in [-0.15, -0.1) is 11.8 Å². The maximum Gasteiger partial charge on any atom is 0.145 e. The molecule has 0 N–H and O–H groups in total. The van der Waals surface area contributed by atoms with E-state index in [-0.39, 0.29) is 5.92 Å². The molecule has 0 spiro atoms. The van der Waals surface area contributed by atoms with Crippen molar-refractivity contribution in [3.8, 4) is 0 Å². The Labute approximate surface area is 96.3 Å². The van der Waals surface area contributed by atoms with Gasteiger partial charge >= 0.3 is 0 Å². The lowest BCUT2D eigenvalue weighted by Crippen LogP contribution is -2.09. The molecule has 0 radical (unpaired) electrons. The number of thioether (sulfide) groups is 1. The number of carbonyl (C=O) groups excluding carboxylic acids is 1. The van der Waals surface area contributed by atoms with Gasteiger partial charge in [0, 0.05) is 11.7 Å². The summed E-state index contributed by atoms with van der Waals surface area (Å²) in [7, 11) is 0. The molecule has 0 aliphatic rings. The van der Waals surface area contributed by atoms with E-state index in [1.165, 1.54) is 11.1 Å². The molecule has 1 aromatic rings. The lowest BCUT2D eigenvalue weighted by molar-refractivity contribution is -0.119. The van der Waals surface area contributed by atoms with Gasteiger partial charge in [0.05, 0.1) is 5.75 Å². The molecular weight excluding hydrogens is 204 g/mol. The highest BCUT2D eigenvalue weighted by Gasteiger charge is 2.07. The molecule has 0 bridgehead atoms. The molecule has 2 heteroatoms. The second-order valence-electron chi connectivity index (χ2n) is 4.04. The summed E-state index contributed by atoms with van der Waals surface area (Å²) in [6.45, 7) is 6.02. The topological polar surface area (TPSA) is 17.1 Å². The molecule has 1 rings (SSSR count). The molecule has 15 heavy (non-hydrogen) atoms. The van der Waals surface area contributed by atoms with Crippen molar-refractivity contribution < 1.29 is 4.79 Å². The van der Waals surface area contributed by atoms with Crippen LogP contribution >= 0.6 is 11.8 Å². The molecular formula is C13H18OS. The number of hydrogen-bond donors (Lipinski definition) is 0. The molecule has 0 unspecified atom stereocenters. The van der Waals surface area contributed by atoms with E-state index in [9.17, 15) is 4.79 Å². The Morgan fingerprint density at radius 2 is 2.00 bits per heavy atom. The highest BCUT2D eigenvalue weighted by molar-refractivity contribution is 7.99. The third-order valence-electron chi connectivity index (χ3n) is 2.41. The lowest BCUT2D eigenvalue weighted by Gasteiger charge is -2.06. The first kappa shape index (κ1) is 12.3. The number of hydrogen-bond acceptors (Lipinski definition) is 2. The summed E-state index contributed by atoms with van der Waals surface area (Å²) in [5.41, 5.74) is 2.64. The molecule has 0 fully saturated rings. The normalized spacial score (nSPS) is 10.7. The SMILES string of the molecule is Cc1ccccc1CSCC(=O)C(C)C. The van der Waals surface area contributed by atoms with E-state index in [0.29, 0.717) is 11.5 Å². The van der Waals surface area contributed by atoms with Gasteiger partial charge in [-0.2, -0.15) is 0 Å². The molecule has 82 valence electrons. The van der Waals surface area contributed by atoms with Crippen molar-refractivity contribution in [2.75, 3.05) is 5.75 Å². The van der Waals surface area contributed by atoms with Crippen molar-refractivity contribution in [1.82, 2.24) is 0 Å². The maximum absolute atomic E-state index is 11.4. The van der Waals surface area contributed by atoms with E-state index in [1.54, 1.807) is 11.8 Å². The third-order valence-corrected chi connectivity index (χ3v) is 3.41. The molecule has 0 saturated carbocycles. The lowest BCUT2D eigenvalue weighted by atomic mass is 10.1. The molecule has 0 aromatic heterocycles. The van der Waals surface area contributed by atoms with Crippen LogP contribution in [0.1, 0.15) is 25.0 Å². The van der Waals surface area contributed by atoms with Crippen molar-refractivity contribution in [2.45, 2.75) is 26.5 Å². The summed E-state index contributed by atoms with van der Waals surface area (Å²) in [6, 6.07) is 8.33. The number of aryl methyl sites for hydroxylation is 1. The first-order chi connectivity index (χ1) is 7.11. The van der Waals surface area contributed by atoms with E-state index >= 15 is 0 Å². The van der Waals surface area contributed by atoms with Gasteiger partial charge in [0.15, 0.2) is 0 Å². The van der Waals surface area contributed by atoms with Gasteiger partial charge in [-0.25, -0.2) is 0 Å². The minimum absolute atomic E-state index is 0.161. The Morgan fingerprint density at radius 1 is 1.33 bits per heavy atom. The minimum atomic E-state index is 0.161. The number of ketones is 1. The summed E-state index contributed by atoms with van der Waals surface area (Å²) in [4.78, 5) is 11.4. The Morgan fingerprint density at radius 3 is 2.60 bits per heavy atom. The first-order valence-electron chi connectivity index (χ1n) is 5.26. The Kier molecular flexibility index (Phi) is 4.89. The zero-order chi connectivity index (χ0) is 11.3. The van der Waals surface area contributed by atoms with Gasteiger partial charge in [-0.1, -0.05) is 38.1 Å². The van der Waals surface area contributed by atoms with E-state index in [4.69, 9.17) is 0 Å². The van der Waals surface area contributed by atoms with Crippen LogP contribution in [0, 0.1) is 12.8 Å².